The van der Waals surface area contributed by atoms with Crippen molar-refractivity contribution in [2.75, 3.05) is 0 Å². The van der Waals surface area contributed by atoms with Gasteiger partial charge in [-0.2, -0.15) is 0 Å². The van der Waals surface area contributed by atoms with Gasteiger partial charge in [0.15, 0.2) is 0 Å². The molecule has 2 rings (SSSR count). The van der Waals surface area contributed by atoms with Gasteiger partial charge in [-0.25, -0.2) is 0 Å². The summed E-state index contributed by atoms with van der Waals surface area (Å²) in [6, 6.07) is 14.8. The lowest BCUT2D eigenvalue weighted by atomic mass is 9.88. The molecule has 112 valence electrons. The lowest BCUT2D eigenvalue weighted by molar-refractivity contribution is 0.176. The SMILES string of the molecule is CCc1cc(CC)c(C(O)Cc2ccccc2)c(CC)c1. The molecule has 0 aliphatic rings. The molecular formula is C20H26O. The fraction of sp³-hybridized carbons (Fsp3) is 0.400. The van der Waals surface area contributed by atoms with E-state index in [0.29, 0.717) is 6.42 Å². The molecule has 2 aromatic carbocycles. The van der Waals surface area contributed by atoms with E-state index in [9.17, 15) is 5.11 Å². The molecule has 0 bridgehead atoms. The molecule has 0 fully saturated rings. The molecule has 2 aromatic rings. The van der Waals surface area contributed by atoms with E-state index >= 15 is 0 Å². The minimum absolute atomic E-state index is 0.414. The maximum Gasteiger partial charge on any atom is 0.0835 e. The number of aliphatic hydroxyl groups excluding tert-OH is 1. The first kappa shape index (κ1) is 15.8. The van der Waals surface area contributed by atoms with Crippen molar-refractivity contribution in [2.45, 2.75) is 52.6 Å². The molecule has 1 unspecified atom stereocenters. The van der Waals surface area contributed by atoms with Gasteiger partial charge in [0.25, 0.3) is 0 Å². The lowest BCUT2D eigenvalue weighted by Crippen LogP contribution is -2.10. The van der Waals surface area contributed by atoms with Crippen LogP contribution in [0.2, 0.25) is 0 Å². The normalized spacial score (nSPS) is 12.4. The summed E-state index contributed by atoms with van der Waals surface area (Å²) < 4.78 is 0. The van der Waals surface area contributed by atoms with Gasteiger partial charge in [0.05, 0.1) is 6.10 Å². The zero-order chi connectivity index (χ0) is 15.2. The molecule has 0 amide bonds. The molecule has 0 aliphatic heterocycles. The zero-order valence-corrected chi connectivity index (χ0v) is 13.4. The molecule has 0 radical (unpaired) electrons. The van der Waals surface area contributed by atoms with E-state index in [1.165, 1.54) is 22.3 Å². The van der Waals surface area contributed by atoms with Crippen molar-refractivity contribution in [2.24, 2.45) is 0 Å². The molecule has 0 heterocycles. The zero-order valence-electron chi connectivity index (χ0n) is 13.4. The number of rotatable bonds is 6. The second-order valence-electron chi connectivity index (χ2n) is 5.59. The quantitative estimate of drug-likeness (QED) is 0.817. The minimum atomic E-state index is -0.414. The van der Waals surface area contributed by atoms with Gasteiger partial charge in [0.2, 0.25) is 0 Å². The fourth-order valence-electron chi connectivity index (χ4n) is 3.01. The molecule has 1 heteroatoms. The highest BCUT2D eigenvalue weighted by atomic mass is 16.3. The van der Waals surface area contributed by atoms with Gasteiger partial charge in [-0.15, -0.1) is 0 Å². The maximum atomic E-state index is 10.8. The summed E-state index contributed by atoms with van der Waals surface area (Å²) in [5.74, 6) is 0. The predicted octanol–water partition coefficient (Wildman–Crippen LogP) is 4.65. The Kier molecular flexibility index (Phi) is 5.58. The Labute approximate surface area is 128 Å². The summed E-state index contributed by atoms with van der Waals surface area (Å²) in [5.41, 5.74) is 6.32. The van der Waals surface area contributed by atoms with Gasteiger partial charge in [-0.1, -0.05) is 63.2 Å². The van der Waals surface area contributed by atoms with Crippen LogP contribution in [-0.2, 0) is 25.7 Å². The summed E-state index contributed by atoms with van der Waals surface area (Å²) in [7, 11) is 0. The molecular weight excluding hydrogens is 256 g/mol. The molecule has 0 aromatic heterocycles. The van der Waals surface area contributed by atoms with E-state index in [1.807, 2.05) is 18.2 Å². The van der Waals surface area contributed by atoms with Gasteiger partial charge < -0.3 is 5.11 Å². The van der Waals surface area contributed by atoms with Crippen LogP contribution >= 0.6 is 0 Å². The van der Waals surface area contributed by atoms with Crippen LogP contribution < -0.4 is 0 Å². The average molecular weight is 282 g/mol. The largest absolute Gasteiger partial charge is 0.388 e. The Morgan fingerprint density at radius 3 is 1.86 bits per heavy atom. The molecule has 21 heavy (non-hydrogen) atoms. The van der Waals surface area contributed by atoms with E-state index in [2.05, 4.69) is 45.0 Å². The Balaban J connectivity index is 2.36. The average Bonchev–Trinajstić information content (AvgIpc) is 2.54. The van der Waals surface area contributed by atoms with Crippen LogP contribution in [0.25, 0.3) is 0 Å². The van der Waals surface area contributed by atoms with Gasteiger partial charge in [0, 0.05) is 6.42 Å². The standard InChI is InChI=1S/C20H26O/c1-4-15-12-17(5-2)20(18(6-3)13-15)19(21)14-16-10-8-7-9-11-16/h7-13,19,21H,4-6,14H2,1-3H3. The first-order chi connectivity index (χ1) is 10.2. The monoisotopic (exact) mass is 282 g/mol. The van der Waals surface area contributed by atoms with E-state index in [1.54, 1.807) is 0 Å². The molecule has 1 nitrogen and oxygen atoms in total. The lowest BCUT2D eigenvalue weighted by Gasteiger charge is -2.20. The number of aliphatic hydroxyl groups is 1. The van der Waals surface area contributed by atoms with Crippen molar-refractivity contribution in [3.63, 3.8) is 0 Å². The molecule has 0 saturated carbocycles. The number of benzene rings is 2. The molecule has 1 N–H and O–H groups in total. The first-order valence-corrected chi connectivity index (χ1v) is 8.06. The smallest absolute Gasteiger partial charge is 0.0835 e. The highest BCUT2D eigenvalue weighted by molar-refractivity contribution is 5.41. The summed E-state index contributed by atoms with van der Waals surface area (Å²) in [5, 5.41) is 10.8. The second-order valence-corrected chi connectivity index (χ2v) is 5.59. The molecule has 0 saturated heterocycles. The minimum Gasteiger partial charge on any atom is -0.388 e. The molecule has 0 spiro atoms. The van der Waals surface area contributed by atoms with Crippen molar-refractivity contribution in [1.82, 2.24) is 0 Å². The first-order valence-electron chi connectivity index (χ1n) is 8.06. The Hall–Kier alpha value is -1.60. The van der Waals surface area contributed by atoms with E-state index in [0.717, 1.165) is 24.8 Å². The van der Waals surface area contributed by atoms with Gasteiger partial charge in [-0.3, -0.25) is 0 Å². The van der Waals surface area contributed by atoms with Crippen molar-refractivity contribution < 1.29 is 5.11 Å². The highest BCUT2D eigenvalue weighted by Gasteiger charge is 2.17. The number of hydrogen-bond donors (Lipinski definition) is 1. The predicted molar refractivity (Wildman–Crippen MR) is 89.7 cm³/mol. The fourth-order valence-corrected chi connectivity index (χ4v) is 3.01. The Morgan fingerprint density at radius 1 is 0.810 bits per heavy atom. The van der Waals surface area contributed by atoms with Crippen molar-refractivity contribution in [1.29, 1.82) is 0 Å². The third-order valence-corrected chi connectivity index (χ3v) is 4.19. The van der Waals surface area contributed by atoms with Crippen LogP contribution in [0.3, 0.4) is 0 Å². The van der Waals surface area contributed by atoms with Crippen LogP contribution in [0.15, 0.2) is 42.5 Å². The third kappa shape index (κ3) is 3.74. The Morgan fingerprint density at radius 2 is 1.38 bits per heavy atom. The summed E-state index contributed by atoms with van der Waals surface area (Å²) in [6.45, 7) is 6.54. The number of hydrogen-bond acceptors (Lipinski definition) is 1. The van der Waals surface area contributed by atoms with Crippen LogP contribution in [0, 0.1) is 0 Å². The van der Waals surface area contributed by atoms with Crippen molar-refractivity contribution >= 4 is 0 Å². The van der Waals surface area contributed by atoms with Crippen molar-refractivity contribution in [3.05, 3.63) is 70.3 Å². The maximum absolute atomic E-state index is 10.8. The summed E-state index contributed by atoms with van der Waals surface area (Å²) in [6.07, 6.45) is 3.27. The van der Waals surface area contributed by atoms with E-state index < -0.39 is 6.10 Å². The highest BCUT2D eigenvalue weighted by Crippen LogP contribution is 2.28. The Bertz CT molecular complexity index is 547. The van der Waals surface area contributed by atoms with Gasteiger partial charge in [0.1, 0.15) is 0 Å². The number of aryl methyl sites for hydroxylation is 3. The third-order valence-electron chi connectivity index (χ3n) is 4.19. The van der Waals surface area contributed by atoms with Crippen LogP contribution in [0.4, 0.5) is 0 Å². The van der Waals surface area contributed by atoms with E-state index in [-0.39, 0.29) is 0 Å². The van der Waals surface area contributed by atoms with Crippen molar-refractivity contribution in [3.8, 4) is 0 Å². The summed E-state index contributed by atoms with van der Waals surface area (Å²) in [4.78, 5) is 0. The van der Waals surface area contributed by atoms with Gasteiger partial charge in [-0.05, 0) is 47.1 Å². The summed E-state index contributed by atoms with van der Waals surface area (Å²) >= 11 is 0. The molecule has 0 aliphatic carbocycles. The van der Waals surface area contributed by atoms with Crippen LogP contribution in [-0.4, -0.2) is 5.11 Å². The van der Waals surface area contributed by atoms with Crippen LogP contribution in [0.5, 0.6) is 0 Å². The van der Waals surface area contributed by atoms with Crippen LogP contribution in [0.1, 0.15) is 54.7 Å². The second kappa shape index (κ2) is 7.42. The topological polar surface area (TPSA) is 20.2 Å². The molecule has 1 atom stereocenters. The van der Waals surface area contributed by atoms with Gasteiger partial charge >= 0.3 is 0 Å². The van der Waals surface area contributed by atoms with E-state index in [4.69, 9.17) is 0 Å².